The number of hydrogen-bond donors (Lipinski definition) is 0. The third kappa shape index (κ3) is 1.82. The summed E-state index contributed by atoms with van der Waals surface area (Å²) < 4.78 is 0. The summed E-state index contributed by atoms with van der Waals surface area (Å²) in [6, 6.07) is 0. The molecule has 48 valence electrons. The molecule has 0 aliphatic carbocycles. The highest BCUT2D eigenvalue weighted by Crippen LogP contribution is 1.81. The second-order valence-corrected chi connectivity index (χ2v) is 2.09. The zero-order chi connectivity index (χ0) is 6.73. The second-order valence-electron chi connectivity index (χ2n) is 2.09. The Morgan fingerprint density at radius 3 is 1.25 bits per heavy atom. The first-order valence-corrected chi connectivity index (χ1v) is 2.46. The third-order valence-corrected chi connectivity index (χ3v) is 0.800. The van der Waals surface area contributed by atoms with Crippen LogP contribution in [0.25, 0.3) is 5.41 Å². The van der Waals surface area contributed by atoms with Crippen molar-refractivity contribution in [3.05, 3.63) is 5.41 Å². The first kappa shape index (κ1) is 7.27. The van der Waals surface area contributed by atoms with Crippen LogP contribution >= 0.6 is 0 Å². The summed E-state index contributed by atoms with van der Waals surface area (Å²) in [5, 5.41) is 8.97. The van der Waals surface area contributed by atoms with Crippen molar-refractivity contribution in [2.45, 2.75) is 0 Å². The Morgan fingerprint density at radius 2 is 1.25 bits per heavy atom. The summed E-state index contributed by atoms with van der Waals surface area (Å²) in [4.78, 5) is 3.28. The standard InChI is InChI=1S/C5H12N3/c1-7(2)5(6)8(3)4/h1-4H3/q-1. The lowest BCUT2D eigenvalue weighted by Crippen LogP contribution is -2.33. The normalized spacial score (nSPS) is 8.50. The van der Waals surface area contributed by atoms with Gasteiger partial charge in [0.15, 0.2) is 0 Å². The molecule has 3 heteroatoms. The van der Waals surface area contributed by atoms with Crippen LogP contribution in [0.1, 0.15) is 0 Å². The second kappa shape index (κ2) is 2.55. The maximum Gasteiger partial charge on any atom is 0.00964 e. The average molecular weight is 114 g/mol. The van der Waals surface area contributed by atoms with E-state index in [4.69, 9.17) is 5.41 Å². The SMILES string of the molecule is CN(C)C(=[N-])N(C)C. The van der Waals surface area contributed by atoms with Gasteiger partial charge in [-0.15, -0.1) is 0 Å². The van der Waals surface area contributed by atoms with Crippen molar-refractivity contribution < 1.29 is 0 Å². The minimum atomic E-state index is 0.269. The molecule has 0 heterocycles. The fraction of sp³-hybridized carbons (Fsp3) is 0.800. The summed E-state index contributed by atoms with van der Waals surface area (Å²) in [5.74, 6) is 0.269. The van der Waals surface area contributed by atoms with E-state index in [2.05, 4.69) is 0 Å². The Bertz CT molecular complexity index is 75.7. The molecule has 0 amide bonds. The van der Waals surface area contributed by atoms with Crippen molar-refractivity contribution in [2.24, 2.45) is 0 Å². The molecule has 0 aromatic rings. The van der Waals surface area contributed by atoms with Gasteiger partial charge in [0.05, 0.1) is 0 Å². The van der Waals surface area contributed by atoms with Crippen molar-refractivity contribution in [3.63, 3.8) is 0 Å². The van der Waals surface area contributed by atoms with Gasteiger partial charge in [-0.1, -0.05) is 0 Å². The quantitative estimate of drug-likeness (QED) is 0.328. The Labute approximate surface area is 50.4 Å². The molecule has 0 spiro atoms. The van der Waals surface area contributed by atoms with E-state index in [1.807, 2.05) is 0 Å². The van der Waals surface area contributed by atoms with Crippen molar-refractivity contribution in [1.29, 1.82) is 0 Å². The van der Waals surface area contributed by atoms with Gasteiger partial charge in [0, 0.05) is 5.96 Å². The summed E-state index contributed by atoms with van der Waals surface area (Å²) in [6.45, 7) is 0. The first-order valence-electron chi connectivity index (χ1n) is 2.46. The van der Waals surface area contributed by atoms with Gasteiger partial charge in [0.1, 0.15) is 0 Å². The molecule has 0 unspecified atom stereocenters. The molecule has 0 rings (SSSR count). The molecule has 8 heavy (non-hydrogen) atoms. The van der Waals surface area contributed by atoms with Crippen LogP contribution in [-0.4, -0.2) is 44.0 Å². The molecular formula is C5H12N3-. The Kier molecular flexibility index (Phi) is 2.31. The molecule has 3 nitrogen and oxygen atoms in total. The molecule has 0 atom stereocenters. The van der Waals surface area contributed by atoms with Crippen LogP contribution < -0.4 is 0 Å². The van der Waals surface area contributed by atoms with Crippen molar-refractivity contribution in [3.8, 4) is 0 Å². The van der Waals surface area contributed by atoms with Crippen LogP contribution in [0, 0.1) is 0 Å². The molecule has 0 N–H and O–H groups in total. The van der Waals surface area contributed by atoms with Gasteiger partial charge in [0.25, 0.3) is 0 Å². The van der Waals surface area contributed by atoms with Gasteiger partial charge >= 0.3 is 0 Å². The van der Waals surface area contributed by atoms with Gasteiger partial charge in [-0.3, -0.25) is 0 Å². The summed E-state index contributed by atoms with van der Waals surface area (Å²) in [6.07, 6.45) is 0. The van der Waals surface area contributed by atoms with Gasteiger partial charge in [0.2, 0.25) is 0 Å². The molecule has 0 aliphatic heterocycles. The lowest BCUT2D eigenvalue weighted by atomic mass is 10.7. The van der Waals surface area contributed by atoms with E-state index >= 15 is 0 Å². The van der Waals surface area contributed by atoms with E-state index in [-0.39, 0.29) is 5.96 Å². The number of rotatable bonds is 0. The summed E-state index contributed by atoms with van der Waals surface area (Å²) >= 11 is 0. The van der Waals surface area contributed by atoms with Crippen LogP contribution in [-0.2, 0) is 0 Å². The van der Waals surface area contributed by atoms with E-state index in [0.717, 1.165) is 0 Å². The van der Waals surface area contributed by atoms with Crippen molar-refractivity contribution in [2.75, 3.05) is 28.2 Å². The van der Waals surface area contributed by atoms with Crippen LogP contribution in [0.2, 0.25) is 0 Å². The van der Waals surface area contributed by atoms with Crippen molar-refractivity contribution in [1.82, 2.24) is 9.80 Å². The molecule has 0 radical (unpaired) electrons. The lowest BCUT2D eigenvalue weighted by molar-refractivity contribution is 0.494. The van der Waals surface area contributed by atoms with E-state index in [1.54, 1.807) is 38.0 Å². The molecule has 0 saturated heterocycles. The highest BCUT2D eigenvalue weighted by Gasteiger charge is 1.86. The Balaban J connectivity index is 3.65. The fourth-order valence-corrected chi connectivity index (χ4v) is 0.400. The van der Waals surface area contributed by atoms with Crippen LogP contribution in [0.5, 0.6) is 0 Å². The Morgan fingerprint density at radius 1 is 1.00 bits per heavy atom. The van der Waals surface area contributed by atoms with Gasteiger partial charge in [-0.2, -0.15) is 0 Å². The molecule has 0 aliphatic rings. The van der Waals surface area contributed by atoms with E-state index in [1.165, 1.54) is 0 Å². The summed E-state index contributed by atoms with van der Waals surface area (Å²) in [7, 11) is 7.15. The monoisotopic (exact) mass is 114 g/mol. The molecular weight excluding hydrogens is 102 g/mol. The van der Waals surface area contributed by atoms with E-state index in [9.17, 15) is 0 Å². The number of guanidine groups is 1. The smallest absolute Gasteiger partial charge is 0.00964 e. The van der Waals surface area contributed by atoms with Gasteiger partial charge < -0.3 is 15.2 Å². The molecule has 0 bridgehead atoms. The van der Waals surface area contributed by atoms with Crippen LogP contribution in [0.4, 0.5) is 0 Å². The lowest BCUT2D eigenvalue weighted by Gasteiger charge is -2.29. The van der Waals surface area contributed by atoms with E-state index in [0.29, 0.717) is 0 Å². The zero-order valence-corrected chi connectivity index (χ0v) is 5.84. The molecule has 0 aromatic carbocycles. The molecule has 0 saturated carbocycles. The van der Waals surface area contributed by atoms with E-state index < -0.39 is 0 Å². The average Bonchev–Trinajstić information content (AvgIpc) is 1.64. The zero-order valence-electron chi connectivity index (χ0n) is 5.84. The minimum absolute atomic E-state index is 0.269. The largest absolute Gasteiger partial charge is 0.432 e. The number of nitrogens with zero attached hydrogens (tertiary/aromatic N) is 3. The maximum absolute atomic E-state index is 8.97. The molecule has 0 fully saturated rings. The Hall–Kier alpha value is -0.730. The van der Waals surface area contributed by atoms with Gasteiger partial charge in [-0.25, -0.2) is 0 Å². The molecule has 0 aromatic heterocycles. The fourth-order valence-electron chi connectivity index (χ4n) is 0.400. The highest BCUT2D eigenvalue weighted by atomic mass is 15.3. The third-order valence-electron chi connectivity index (χ3n) is 0.800. The van der Waals surface area contributed by atoms with Crippen LogP contribution in [0.15, 0.2) is 0 Å². The predicted molar refractivity (Wildman–Crippen MR) is 35.7 cm³/mol. The topological polar surface area (TPSA) is 28.8 Å². The number of hydrogen-bond acceptors (Lipinski definition) is 0. The van der Waals surface area contributed by atoms with Gasteiger partial charge in [-0.05, 0) is 28.2 Å². The minimum Gasteiger partial charge on any atom is -0.432 e. The first-order chi connectivity index (χ1) is 3.55. The highest BCUT2D eigenvalue weighted by molar-refractivity contribution is 5.81. The predicted octanol–water partition coefficient (Wildman–Crippen LogP) is 0.0350. The maximum atomic E-state index is 8.97. The van der Waals surface area contributed by atoms with Crippen molar-refractivity contribution >= 4 is 5.96 Å². The van der Waals surface area contributed by atoms with Crippen LogP contribution in [0.3, 0.4) is 0 Å². The summed E-state index contributed by atoms with van der Waals surface area (Å²) in [5.41, 5.74) is 0.